The predicted octanol–water partition coefficient (Wildman–Crippen LogP) is 2.56. The summed E-state index contributed by atoms with van der Waals surface area (Å²) in [5.41, 5.74) is -0.373. The number of ether oxygens (including phenoxy) is 1. The molecule has 6 nitrogen and oxygen atoms in total. The minimum Gasteiger partial charge on any atom is -0.465 e. The highest BCUT2D eigenvalue weighted by Crippen LogP contribution is 2.51. The van der Waals surface area contributed by atoms with Gasteiger partial charge in [-0.15, -0.1) is 11.3 Å². The van der Waals surface area contributed by atoms with E-state index >= 15 is 0 Å². The lowest BCUT2D eigenvalue weighted by molar-refractivity contribution is -0.156. The first-order chi connectivity index (χ1) is 14.0. The van der Waals surface area contributed by atoms with Crippen LogP contribution in [0.25, 0.3) is 0 Å². The number of imide groups is 1. The van der Waals surface area contributed by atoms with Crippen LogP contribution in [0, 0.1) is 11.8 Å². The van der Waals surface area contributed by atoms with E-state index in [4.69, 9.17) is 4.74 Å². The molecule has 0 radical (unpaired) electrons. The van der Waals surface area contributed by atoms with Crippen molar-refractivity contribution in [3.63, 3.8) is 0 Å². The van der Waals surface area contributed by atoms with Crippen molar-refractivity contribution in [2.24, 2.45) is 11.8 Å². The van der Waals surface area contributed by atoms with Gasteiger partial charge in [0.2, 0.25) is 11.8 Å². The average molecular weight is 413 g/mol. The third-order valence-electron chi connectivity index (χ3n) is 5.88. The van der Waals surface area contributed by atoms with Crippen molar-refractivity contribution in [3.05, 3.63) is 58.3 Å². The maximum absolute atomic E-state index is 13.3. The number of fused-ring (bicyclic) bond motifs is 1. The number of carbonyl (C=O) groups is 3. The van der Waals surface area contributed by atoms with Crippen molar-refractivity contribution in [1.82, 2.24) is 10.2 Å². The van der Waals surface area contributed by atoms with E-state index in [0.717, 1.165) is 10.4 Å². The Labute approximate surface area is 173 Å². The molecule has 2 fully saturated rings. The predicted molar refractivity (Wildman–Crippen MR) is 109 cm³/mol. The second-order valence-electron chi connectivity index (χ2n) is 7.42. The molecule has 0 spiro atoms. The van der Waals surface area contributed by atoms with Gasteiger partial charge in [-0.2, -0.15) is 0 Å². The number of rotatable bonds is 6. The number of carbonyl (C=O) groups excluding carboxylic acids is 3. The van der Waals surface area contributed by atoms with Gasteiger partial charge in [-0.25, -0.2) is 0 Å². The monoisotopic (exact) mass is 412 g/mol. The molecule has 1 N–H and O–H groups in total. The van der Waals surface area contributed by atoms with Gasteiger partial charge in [0.05, 0.1) is 24.5 Å². The van der Waals surface area contributed by atoms with Crippen LogP contribution in [0.5, 0.6) is 0 Å². The highest BCUT2D eigenvalue weighted by Gasteiger charge is 2.68. The Morgan fingerprint density at radius 1 is 1.14 bits per heavy atom. The molecule has 0 saturated carbocycles. The van der Waals surface area contributed by atoms with E-state index in [1.165, 1.54) is 16.2 Å². The molecule has 0 unspecified atom stereocenters. The molecule has 4 atom stereocenters. The number of hydrogen-bond donors (Lipinski definition) is 1. The number of benzene rings is 1. The van der Waals surface area contributed by atoms with E-state index in [1.54, 1.807) is 13.8 Å². The molecule has 0 aliphatic carbocycles. The Morgan fingerprint density at radius 3 is 2.52 bits per heavy atom. The SMILES string of the molecule is CCOC(=O)[C@]1(Cc2ccccc2)N[C@H](c2cccs2)[C@H]2C(=O)N(CC)C(=O)[C@@H]21. The van der Waals surface area contributed by atoms with Crippen LogP contribution in [0.3, 0.4) is 0 Å². The fourth-order valence-electron chi connectivity index (χ4n) is 4.69. The summed E-state index contributed by atoms with van der Waals surface area (Å²) in [6.45, 7) is 4.04. The van der Waals surface area contributed by atoms with E-state index in [9.17, 15) is 14.4 Å². The Morgan fingerprint density at radius 2 is 1.90 bits per heavy atom. The highest BCUT2D eigenvalue weighted by molar-refractivity contribution is 7.10. The van der Waals surface area contributed by atoms with Crippen molar-refractivity contribution in [3.8, 4) is 0 Å². The molecule has 0 bridgehead atoms. The van der Waals surface area contributed by atoms with E-state index in [1.807, 2.05) is 47.8 Å². The third-order valence-corrected chi connectivity index (χ3v) is 6.83. The summed E-state index contributed by atoms with van der Waals surface area (Å²) in [6, 6.07) is 13.0. The lowest BCUT2D eigenvalue weighted by atomic mass is 9.76. The van der Waals surface area contributed by atoms with E-state index in [0.29, 0.717) is 6.54 Å². The summed E-state index contributed by atoms with van der Waals surface area (Å²) < 4.78 is 5.45. The highest BCUT2D eigenvalue weighted by atomic mass is 32.1. The van der Waals surface area contributed by atoms with E-state index in [-0.39, 0.29) is 24.8 Å². The first-order valence-corrected chi connectivity index (χ1v) is 10.8. The summed E-state index contributed by atoms with van der Waals surface area (Å²) >= 11 is 1.52. The Balaban J connectivity index is 1.85. The molecule has 2 aliphatic rings. The van der Waals surface area contributed by atoms with Crippen molar-refractivity contribution in [2.45, 2.75) is 31.8 Å². The molecule has 152 valence electrons. The fourth-order valence-corrected chi connectivity index (χ4v) is 5.51. The quantitative estimate of drug-likeness (QED) is 0.583. The Bertz CT molecular complexity index is 914. The standard InChI is InChI=1S/C22H24N2O4S/c1-3-24-19(25)16-17(20(24)26)22(21(27)28-4-2,13-14-9-6-5-7-10-14)23-18(16)15-11-8-12-29-15/h5-12,16-18,23H,3-4,13H2,1-2H3/t16-,17+,18+,22+/m0/s1. The summed E-state index contributed by atoms with van der Waals surface area (Å²) in [4.78, 5) is 42.0. The number of thiophene rings is 1. The summed E-state index contributed by atoms with van der Waals surface area (Å²) in [5, 5.41) is 5.35. The van der Waals surface area contributed by atoms with Crippen LogP contribution in [-0.4, -0.2) is 41.4 Å². The second kappa shape index (κ2) is 7.72. The minimum absolute atomic E-state index is 0.206. The zero-order valence-corrected chi connectivity index (χ0v) is 17.3. The number of amides is 2. The zero-order valence-electron chi connectivity index (χ0n) is 16.5. The first-order valence-electron chi connectivity index (χ1n) is 9.91. The molecule has 3 heterocycles. The maximum atomic E-state index is 13.3. The smallest absolute Gasteiger partial charge is 0.327 e. The number of nitrogens with zero attached hydrogens (tertiary/aromatic N) is 1. The van der Waals surface area contributed by atoms with Crippen LogP contribution in [0.2, 0.25) is 0 Å². The second-order valence-corrected chi connectivity index (χ2v) is 8.40. The van der Waals surface area contributed by atoms with Gasteiger partial charge in [-0.3, -0.25) is 24.6 Å². The van der Waals surface area contributed by atoms with Gasteiger partial charge < -0.3 is 4.74 Å². The number of hydrogen-bond acceptors (Lipinski definition) is 6. The maximum Gasteiger partial charge on any atom is 0.327 e. The van der Waals surface area contributed by atoms with Gasteiger partial charge in [0.25, 0.3) is 0 Å². The molecule has 1 aromatic carbocycles. The van der Waals surface area contributed by atoms with Crippen LogP contribution >= 0.6 is 11.3 Å². The van der Waals surface area contributed by atoms with E-state index < -0.39 is 29.4 Å². The number of nitrogens with one attached hydrogen (secondary N) is 1. The average Bonchev–Trinajstić information content (AvgIpc) is 3.41. The molecule has 7 heteroatoms. The number of likely N-dealkylation sites (tertiary alicyclic amines) is 1. The van der Waals surface area contributed by atoms with Crippen LogP contribution in [-0.2, 0) is 25.5 Å². The van der Waals surface area contributed by atoms with Crippen molar-refractivity contribution in [2.75, 3.05) is 13.2 Å². The van der Waals surface area contributed by atoms with Crippen LogP contribution in [0.4, 0.5) is 0 Å². The largest absolute Gasteiger partial charge is 0.465 e. The van der Waals surface area contributed by atoms with Crippen LogP contribution in [0.15, 0.2) is 47.8 Å². The summed E-state index contributed by atoms with van der Waals surface area (Å²) in [6.07, 6.45) is 0.284. The van der Waals surface area contributed by atoms with Crippen LogP contribution in [0.1, 0.15) is 30.3 Å². The Hall–Kier alpha value is -2.51. The van der Waals surface area contributed by atoms with Crippen molar-refractivity contribution in [1.29, 1.82) is 0 Å². The molecule has 4 rings (SSSR count). The molecular formula is C22H24N2O4S. The van der Waals surface area contributed by atoms with Gasteiger partial charge in [0.15, 0.2) is 0 Å². The molecule has 2 saturated heterocycles. The van der Waals surface area contributed by atoms with Crippen LogP contribution < -0.4 is 5.32 Å². The normalized spacial score (nSPS) is 28.6. The van der Waals surface area contributed by atoms with Gasteiger partial charge in [0.1, 0.15) is 5.54 Å². The van der Waals surface area contributed by atoms with Crippen molar-refractivity contribution < 1.29 is 19.1 Å². The first kappa shape index (κ1) is 19.8. The zero-order chi connectivity index (χ0) is 20.6. The fraction of sp³-hybridized carbons (Fsp3) is 0.409. The Kier molecular flexibility index (Phi) is 5.27. The minimum atomic E-state index is -1.28. The van der Waals surface area contributed by atoms with Crippen molar-refractivity contribution >= 4 is 29.1 Å². The van der Waals surface area contributed by atoms with Gasteiger partial charge in [0, 0.05) is 17.8 Å². The van der Waals surface area contributed by atoms with Gasteiger partial charge >= 0.3 is 5.97 Å². The summed E-state index contributed by atoms with van der Waals surface area (Å²) in [7, 11) is 0. The molecule has 2 aromatic rings. The molecular weight excluding hydrogens is 388 g/mol. The number of esters is 1. The lowest BCUT2D eigenvalue weighted by Gasteiger charge is -2.32. The topological polar surface area (TPSA) is 75.7 Å². The third kappa shape index (κ3) is 3.09. The molecule has 2 amide bonds. The molecule has 29 heavy (non-hydrogen) atoms. The molecule has 2 aliphatic heterocycles. The van der Waals surface area contributed by atoms with Gasteiger partial charge in [-0.1, -0.05) is 36.4 Å². The lowest BCUT2D eigenvalue weighted by Crippen LogP contribution is -2.58. The van der Waals surface area contributed by atoms with Gasteiger partial charge in [-0.05, 0) is 30.9 Å². The van der Waals surface area contributed by atoms with E-state index in [2.05, 4.69) is 5.32 Å². The summed E-state index contributed by atoms with van der Waals surface area (Å²) in [5.74, 6) is -2.39. The molecule has 1 aromatic heterocycles.